The summed E-state index contributed by atoms with van der Waals surface area (Å²) in [6, 6.07) is 6.88. The van der Waals surface area contributed by atoms with Crippen molar-refractivity contribution < 1.29 is 9.84 Å². The van der Waals surface area contributed by atoms with Crippen LogP contribution in [-0.2, 0) is 0 Å². The Bertz CT molecular complexity index is 678. The molecular formula is C25H39BN2O2. The zero-order valence-electron chi connectivity index (χ0n) is 18.8. The smallest absolute Gasteiger partial charge is 0.119 e. The first kappa shape index (κ1) is 22.2. The van der Waals surface area contributed by atoms with Gasteiger partial charge in [0.15, 0.2) is 0 Å². The summed E-state index contributed by atoms with van der Waals surface area (Å²) in [7, 11) is 7.91. The topological polar surface area (TPSA) is 35.9 Å². The standard InChI is InChI=1S/C25H39BN2O2/c1-30-24-9-8-20(18-23(24)26)22(25(29)12-4-2-5-13-25)19-27-16-10-21(11-17-27)28-14-6-3-7-15-28/h8-9,18,21-22,29H,2-7,10-17,19H2,1H3. The summed E-state index contributed by atoms with van der Waals surface area (Å²) in [4.78, 5) is 5.33. The van der Waals surface area contributed by atoms with Crippen LogP contribution in [0.25, 0.3) is 0 Å². The van der Waals surface area contributed by atoms with Crippen molar-refractivity contribution in [2.24, 2.45) is 0 Å². The van der Waals surface area contributed by atoms with E-state index in [-0.39, 0.29) is 5.92 Å². The number of aliphatic hydroxyl groups is 1. The van der Waals surface area contributed by atoms with Crippen LogP contribution >= 0.6 is 0 Å². The normalized spacial score (nSPS) is 25.1. The molecule has 4 nitrogen and oxygen atoms in total. The minimum absolute atomic E-state index is 0.109. The van der Waals surface area contributed by atoms with Crippen LogP contribution in [-0.4, -0.2) is 74.2 Å². The molecule has 2 saturated heterocycles. The van der Waals surface area contributed by atoms with Crippen LogP contribution in [0.4, 0.5) is 0 Å². The molecule has 3 fully saturated rings. The van der Waals surface area contributed by atoms with Crippen molar-refractivity contribution in [1.29, 1.82) is 0 Å². The Balaban J connectivity index is 1.46. The van der Waals surface area contributed by atoms with Crippen LogP contribution in [0.15, 0.2) is 18.2 Å². The lowest BCUT2D eigenvalue weighted by Crippen LogP contribution is -2.50. The van der Waals surface area contributed by atoms with Gasteiger partial charge in [-0.3, -0.25) is 0 Å². The molecule has 1 aromatic rings. The maximum absolute atomic E-state index is 11.7. The van der Waals surface area contributed by atoms with Crippen molar-refractivity contribution in [1.82, 2.24) is 9.80 Å². The van der Waals surface area contributed by atoms with E-state index in [1.165, 1.54) is 51.6 Å². The summed E-state index contributed by atoms with van der Waals surface area (Å²) >= 11 is 0. The summed E-state index contributed by atoms with van der Waals surface area (Å²) in [5.41, 5.74) is 1.21. The van der Waals surface area contributed by atoms with Gasteiger partial charge < -0.3 is 19.6 Å². The van der Waals surface area contributed by atoms with Gasteiger partial charge in [0.2, 0.25) is 0 Å². The minimum Gasteiger partial charge on any atom is -0.497 e. The van der Waals surface area contributed by atoms with Gasteiger partial charge >= 0.3 is 0 Å². The molecule has 0 aromatic heterocycles. The summed E-state index contributed by atoms with van der Waals surface area (Å²) in [6.45, 7) is 5.78. The highest BCUT2D eigenvalue weighted by Gasteiger charge is 2.40. The molecule has 30 heavy (non-hydrogen) atoms. The van der Waals surface area contributed by atoms with Crippen LogP contribution in [0.3, 0.4) is 0 Å². The molecule has 5 heteroatoms. The highest BCUT2D eigenvalue weighted by atomic mass is 16.5. The third kappa shape index (κ3) is 5.06. The molecule has 1 saturated carbocycles. The average molecular weight is 410 g/mol. The van der Waals surface area contributed by atoms with Crippen molar-refractivity contribution in [2.75, 3.05) is 39.8 Å². The molecule has 4 rings (SSSR count). The molecule has 2 radical (unpaired) electrons. The van der Waals surface area contributed by atoms with E-state index in [4.69, 9.17) is 12.6 Å². The SMILES string of the molecule is [B]c1cc(C(CN2CCC(N3CCCCC3)CC2)C2(O)CCCCC2)ccc1OC. The second-order valence-corrected chi connectivity index (χ2v) is 9.85. The van der Waals surface area contributed by atoms with E-state index in [1.807, 2.05) is 12.1 Å². The van der Waals surface area contributed by atoms with Crippen molar-refractivity contribution >= 4 is 13.3 Å². The molecule has 2 heterocycles. The second-order valence-electron chi connectivity index (χ2n) is 9.85. The third-order valence-corrected chi connectivity index (χ3v) is 7.93. The van der Waals surface area contributed by atoms with Gasteiger partial charge in [-0.15, -0.1) is 0 Å². The van der Waals surface area contributed by atoms with E-state index >= 15 is 0 Å². The maximum Gasteiger partial charge on any atom is 0.119 e. The predicted octanol–water partition coefficient (Wildman–Crippen LogP) is 3.22. The molecule has 3 aliphatic rings. The zero-order chi connectivity index (χ0) is 21.0. The Morgan fingerprint density at radius 1 is 1.03 bits per heavy atom. The molecule has 1 N–H and O–H groups in total. The first-order valence-corrected chi connectivity index (χ1v) is 12.2. The van der Waals surface area contributed by atoms with Gasteiger partial charge in [-0.05, 0) is 76.3 Å². The van der Waals surface area contributed by atoms with Gasteiger partial charge in [0.05, 0.1) is 12.7 Å². The van der Waals surface area contributed by atoms with Crippen LogP contribution < -0.4 is 10.2 Å². The van der Waals surface area contributed by atoms with Crippen LogP contribution in [0.5, 0.6) is 5.75 Å². The Morgan fingerprint density at radius 2 is 1.70 bits per heavy atom. The van der Waals surface area contributed by atoms with Crippen LogP contribution in [0, 0.1) is 0 Å². The number of methoxy groups -OCH3 is 1. The monoisotopic (exact) mass is 410 g/mol. The van der Waals surface area contributed by atoms with Gasteiger partial charge in [0, 0.05) is 18.5 Å². The highest BCUT2D eigenvalue weighted by molar-refractivity contribution is 6.34. The van der Waals surface area contributed by atoms with Crippen molar-refractivity contribution in [3.8, 4) is 5.75 Å². The Morgan fingerprint density at radius 3 is 2.33 bits per heavy atom. The van der Waals surface area contributed by atoms with Crippen molar-refractivity contribution in [2.45, 2.75) is 81.8 Å². The number of rotatable bonds is 6. The van der Waals surface area contributed by atoms with E-state index in [0.29, 0.717) is 5.46 Å². The lowest BCUT2D eigenvalue weighted by atomic mass is 9.71. The fourth-order valence-corrected chi connectivity index (χ4v) is 6.08. The highest BCUT2D eigenvalue weighted by Crippen LogP contribution is 2.41. The average Bonchev–Trinajstić information content (AvgIpc) is 2.79. The van der Waals surface area contributed by atoms with Crippen molar-refractivity contribution in [3.05, 3.63) is 23.8 Å². The third-order valence-electron chi connectivity index (χ3n) is 7.93. The number of piperidine rings is 2. The number of benzene rings is 1. The molecule has 0 bridgehead atoms. The summed E-state index contributed by atoms with van der Waals surface area (Å²) in [5, 5.41) is 11.7. The Kier molecular flexibility index (Phi) is 7.43. The van der Waals surface area contributed by atoms with E-state index in [2.05, 4.69) is 15.9 Å². The van der Waals surface area contributed by atoms with Crippen molar-refractivity contribution in [3.63, 3.8) is 0 Å². The number of likely N-dealkylation sites (tertiary alicyclic amines) is 2. The van der Waals surface area contributed by atoms with E-state index < -0.39 is 5.60 Å². The predicted molar refractivity (Wildman–Crippen MR) is 124 cm³/mol. The quantitative estimate of drug-likeness (QED) is 0.731. The molecule has 164 valence electrons. The first-order chi connectivity index (χ1) is 14.6. The van der Waals surface area contributed by atoms with Crippen LogP contribution in [0.2, 0.25) is 0 Å². The fraction of sp³-hybridized carbons (Fsp3) is 0.760. The van der Waals surface area contributed by atoms with Gasteiger partial charge in [-0.2, -0.15) is 0 Å². The van der Waals surface area contributed by atoms with Gasteiger partial charge in [0.1, 0.15) is 13.6 Å². The van der Waals surface area contributed by atoms with Crippen LogP contribution in [0.1, 0.15) is 75.7 Å². The number of hydrogen-bond acceptors (Lipinski definition) is 4. The number of hydrogen-bond donors (Lipinski definition) is 1. The molecule has 2 aliphatic heterocycles. The summed E-state index contributed by atoms with van der Waals surface area (Å²) in [6.07, 6.45) is 11.9. The molecule has 1 aliphatic carbocycles. The zero-order valence-corrected chi connectivity index (χ0v) is 18.8. The second kappa shape index (κ2) is 10.1. The Hall–Kier alpha value is -1.04. The number of ether oxygens (including phenoxy) is 1. The lowest BCUT2D eigenvalue weighted by molar-refractivity contribution is -0.0343. The number of nitrogens with zero attached hydrogens (tertiary/aromatic N) is 2. The molecule has 1 unspecified atom stereocenters. The largest absolute Gasteiger partial charge is 0.497 e. The first-order valence-electron chi connectivity index (χ1n) is 12.2. The van der Waals surface area contributed by atoms with Gasteiger partial charge in [0.25, 0.3) is 0 Å². The molecule has 1 aromatic carbocycles. The summed E-state index contributed by atoms with van der Waals surface area (Å²) in [5.74, 6) is 0.827. The van der Waals surface area contributed by atoms with E-state index in [0.717, 1.165) is 62.7 Å². The van der Waals surface area contributed by atoms with Gasteiger partial charge in [-0.25, -0.2) is 0 Å². The molecule has 0 amide bonds. The maximum atomic E-state index is 11.7. The fourth-order valence-electron chi connectivity index (χ4n) is 6.08. The molecular weight excluding hydrogens is 371 g/mol. The molecule has 0 spiro atoms. The van der Waals surface area contributed by atoms with Gasteiger partial charge in [-0.1, -0.05) is 43.3 Å². The summed E-state index contributed by atoms with van der Waals surface area (Å²) < 4.78 is 5.37. The molecule has 1 atom stereocenters. The van der Waals surface area contributed by atoms with E-state index in [9.17, 15) is 5.11 Å². The lowest BCUT2D eigenvalue weighted by Gasteiger charge is -2.45. The minimum atomic E-state index is -0.622. The van der Waals surface area contributed by atoms with E-state index in [1.54, 1.807) is 7.11 Å². The Labute approximate surface area is 184 Å².